The molecule has 11 heteroatoms. The number of benzene rings is 2. The van der Waals surface area contributed by atoms with E-state index < -0.39 is 11.1 Å². The Hall–Kier alpha value is -2.72. The molecule has 2 heterocycles. The molecule has 2 fully saturated rings. The van der Waals surface area contributed by atoms with Gasteiger partial charge in [0.2, 0.25) is 5.91 Å². The van der Waals surface area contributed by atoms with Crippen LogP contribution in [0.15, 0.2) is 41.3 Å². The van der Waals surface area contributed by atoms with Gasteiger partial charge in [0, 0.05) is 59.1 Å². The molecule has 0 unspecified atom stereocenters. The van der Waals surface area contributed by atoms with Crippen LogP contribution in [0.2, 0.25) is 10.0 Å². The van der Waals surface area contributed by atoms with Crippen molar-refractivity contribution >= 4 is 63.8 Å². The zero-order valence-corrected chi connectivity index (χ0v) is 23.6. The third kappa shape index (κ3) is 6.64. The summed E-state index contributed by atoms with van der Waals surface area (Å²) in [6.45, 7) is 7.45. The number of anilines is 1. The fourth-order valence-corrected chi connectivity index (χ4v) is 5.46. The van der Waals surface area contributed by atoms with E-state index in [2.05, 4.69) is 18.7 Å². The highest BCUT2D eigenvalue weighted by atomic mass is 35.5. The summed E-state index contributed by atoms with van der Waals surface area (Å²) in [7, 11) is 0. The lowest BCUT2D eigenvalue weighted by molar-refractivity contribution is -0.139. The minimum Gasteiger partial charge on any atom is -0.488 e. The van der Waals surface area contributed by atoms with Gasteiger partial charge < -0.3 is 19.3 Å². The number of imide groups is 1. The molecule has 4 rings (SSSR count). The van der Waals surface area contributed by atoms with Gasteiger partial charge in [0.15, 0.2) is 0 Å². The van der Waals surface area contributed by atoms with E-state index in [0.717, 1.165) is 41.0 Å². The highest BCUT2D eigenvalue weighted by Gasteiger charge is 2.37. The zero-order valence-electron chi connectivity index (χ0n) is 21.2. The van der Waals surface area contributed by atoms with Gasteiger partial charge in [0.05, 0.1) is 18.1 Å². The van der Waals surface area contributed by atoms with E-state index in [0.29, 0.717) is 47.7 Å². The average Bonchev–Trinajstić information content (AvgIpc) is 3.17. The minimum absolute atomic E-state index is 0.189. The molecule has 2 saturated heterocycles. The number of hydrogen-bond acceptors (Lipinski definition) is 7. The Morgan fingerprint density at radius 1 is 1.11 bits per heavy atom. The Kier molecular flexibility index (Phi) is 9.59. The van der Waals surface area contributed by atoms with Crippen LogP contribution in [0.4, 0.5) is 10.5 Å². The Morgan fingerprint density at radius 2 is 1.84 bits per heavy atom. The summed E-state index contributed by atoms with van der Waals surface area (Å²) in [5.41, 5.74) is 2.36. The highest BCUT2D eigenvalue weighted by molar-refractivity contribution is 8.18. The van der Waals surface area contributed by atoms with Crippen LogP contribution in [0.3, 0.4) is 0 Å². The molecule has 0 N–H and O–H groups in total. The number of rotatable bonds is 9. The molecule has 0 spiro atoms. The second-order valence-corrected chi connectivity index (χ2v) is 10.5. The van der Waals surface area contributed by atoms with Crippen molar-refractivity contribution in [3.8, 4) is 5.75 Å². The summed E-state index contributed by atoms with van der Waals surface area (Å²) < 4.78 is 11.4. The fourth-order valence-electron chi connectivity index (χ4n) is 4.17. The first-order valence-corrected chi connectivity index (χ1v) is 13.9. The van der Waals surface area contributed by atoms with E-state index in [1.54, 1.807) is 29.2 Å². The van der Waals surface area contributed by atoms with Crippen molar-refractivity contribution in [2.45, 2.75) is 20.5 Å². The second kappa shape index (κ2) is 12.9. The number of nitrogens with zero attached hydrogens (tertiary/aromatic N) is 3. The average molecular weight is 579 g/mol. The SMILES string of the molecule is CCN(CC)c1ccc(/C=C2\SC(=O)N(CC(=O)N3CCOCC3)C2=O)c(OCc2ccc(Cl)cc2Cl)c1. The lowest BCUT2D eigenvalue weighted by Crippen LogP contribution is -2.46. The Bertz CT molecular complexity index is 1250. The molecule has 2 aliphatic heterocycles. The molecule has 8 nitrogen and oxygen atoms in total. The molecule has 0 atom stereocenters. The van der Waals surface area contributed by atoms with E-state index in [4.69, 9.17) is 32.7 Å². The van der Waals surface area contributed by atoms with Gasteiger partial charge in [-0.25, -0.2) is 0 Å². The summed E-state index contributed by atoms with van der Waals surface area (Å²) in [6.07, 6.45) is 1.63. The van der Waals surface area contributed by atoms with Crippen LogP contribution < -0.4 is 9.64 Å². The molecule has 0 aliphatic carbocycles. The summed E-state index contributed by atoms with van der Waals surface area (Å²) in [6, 6.07) is 10.9. The molecule has 3 amide bonds. The van der Waals surface area contributed by atoms with Gasteiger partial charge in [-0.3, -0.25) is 19.3 Å². The maximum atomic E-state index is 13.1. The number of halogens is 2. The van der Waals surface area contributed by atoms with Crippen molar-refractivity contribution in [3.05, 3.63) is 62.5 Å². The Balaban J connectivity index is 1.57. The third-order valence-electron chi connectivity index (χ3n) is 6.34. The topological polar surface area (TPSA) is 79.4 Å². The summed E-state index contributed by atoms with van der Waals surface area (Å²) in [5, 5.41) is 0.550. The van der Waals surface area contributed by atoms with E-state index in [-0.39, 0.29) is 24.0 Å². The Morgan fingerprint density at radius 3 is 2.53 bits per heavy atom. The van der Waals surface area contributed by atoms with E-state index in [1.807, 2.05) is 18.2 Å². The largest absolute Gasteiger partial charge is 0.488 e. The highest BCUT2D eigenvalue weighted by Crippen LogP contribution is 2.36. The number of carbonyl (C=O) groups is 3. The third-order valence-corrected chi connectivity index (χ3v) is 7.84. The number of amides is 3. The van der Waals surface area contributed by atoms with Gasteiger partial charge >= 0.3 is 0 Å². The summed E-state index contributed by atoms with van der Waals surface area (Å²) >= 11 is 13.2. The molecule has 202 valence electrons. The lowest BCUT2D eigenvalue weighted by atomic mass is 10.1. The Labute approximate surface area is 236 Å². The molecule has 0 bridgehead atoms. The first kappa shape index (κ1) is 28.3. The van der Waals surface area contributed by atoms with Crippen LogP contribution in [0.5, 0.6) is 5.75 Å². The van der Waals surface area contributed by atoms with Gasteiger partial charge in [-0.15, -0.1) is 0 Å². The maximum Gasteiger partial charge on any atom is 0.294 e. The predicted molar refractivity (Wildman–Crippen MR) is 151 cm³/mol. The van der Waals surface area contributed by atoms with Crippen LogP contribution >= 0.6 is 35.0 Å². The van der Waals surface area contributed by atoms with Crippen molar-refractivity contribution in [3.63, 3.8) is 0 Å². The number of ether oxygens (including phenoxy) is 2. The van der Waals surface area contributed by atoms with Gasteiger partial charge in [-0.1, -0.05) is 29.3 Å². The molecular weight excluding hydrogens is 549 g/mol. The van der Waals surface area contributed by atoms with E-state index in [1.165, 1.54) is 0 Å². The quantitative estimate of drug-likeness (QED) is 0.373. The van der Waals surface area contributed by atoms with Gasteiger partial charge in [0.1, 0.15) is 18.9 Å². The molecular formula is C27H29Cl2N3O5S. The predicted octanol–water partition coefficient (Wildman–Crippen LogP) is 5.31. The van der Waals surface area contributed by atoms with Crippen LogP contribution in [-0.4, -0.2) is 72.8 Å². The standard InChI is InChI=1S/C27H29Cl2N3O5S/c1-3-30(4-2)21-8-6-18(23(15-21)37-17-19-5-7-20(28)14-22(19)29)13-24-26(34)32(27(35)38-24)16-25(33)31-9-11-36-12-10-31/h5-8,13-15H,3-4,9-12,16-17H2,1-2H3/b24-13-. The second-order valence-electron chi connectivity index (χ2n) is 8.68. The van der Waals surface area contributed by atoms with Crippen LogP contribution in [0.1, 0.15) is 25.0 Å². The van der Waals surface area contributed by atoms with Crippen LogP contribution in [0, 0.1) is 0 Å². The monoisotopic (exact) mass is 577 g/mol. The zero-order chi connectivity index (χ0) is 27.2. The van der Waals surface area contributed by atoms with Crippen molar-refractivity contribution in [2.75, 3.05) is 50.8 Å². The smallest absolute Gasteiger partial charge is 0.294 e. The van der Waals surface area contributed by atoms with Crippen LogP contribution in [0.25, 0.3) is 6.08 Å². The fraction of sp³-hybridized carbons (Fsp3) is 0.370. The van der Waals surface area contributed by atoms with Crippen molar-refractivity contribution < 1.29 is 23.9 Å². The van der Waals surface area contributed by atoms with Gasteiger partial charge in [-0.05, 0) is 56.0 Å². The summed E-state index contributed by atoms with van der Waals surface area (Å²) in [5.74, 6) is -0.234. The van der Waals surface area contributed by atoms with Crippen LogP contribution in [-0.2, 0) is 20.9 Å². The van der Waals surface area contributed by atoms with Gasteiger partial charge in [0.25, 0.3) is 11.1 Å². The maximum absolute atomic E-state index is 13.1. The van der Waals surface area contributed by atoms with Crippen molar-refractivity contribution in [1.82, 2.24) is 9.80 Å². The molecule has 0 aromatic heterocycles. The number of hydrogen-bond donors (Lipinski definition) is 0. The van der Waals surface area contributed by atoms with Crippen molar-refractivity contribution in [2.24, 2.45) is 0 Å². The van der Waals surface area contributed by atoms with Crippen molar-refractivity contribution in [1.29, 1.82) is 0 Å². The number of morpholine rings is 1. The molecule has 2 aromatic rings. The van der Waals surface area contributed by atoms with E-state index >= 15 is 0 Å². The first-order chi connectivity index (χ1) is 18.3. The number of carbonyl (C=O) groups excluding carboxylic acids is 3. The molecule has 0 radical (unpaired) electrons. The molecule has 38 heavy (non-hydrogen) atoms. The van der Waals surface area contributed by atoms with Gasteiger partial charge in [-0.2, -0.15) is 0 Å². The molecule has 2 aromatic carbocycles. The minimum atomic E-state index is -0.499. The molecule has 0 saturated carbocycles. The lowest BCUT2D eigenvalue weighted by Gasteiger charge is -2.28. The van der Waals surface area contributed by atoms with E-state index in [9.17, 15) is 14.4 Å². The normalized spacial score (nSPS) is 16.9. The molecule has 2 aliphatic rings. The number of thioether (sulfide) groups is 1. The first-order valence-electron chi connectivity index (χ1n) is 12.4. The summed E-state index contributed by atoms with van der Waals surface area (Å²) in [4.78, 5) is 43.4.